The summed E-state index contributed by atoms with van der Waals surface area (Å²) in [6.07, 6.45) is 8.34. The van der Waals surface area contributed by atoms with E-state index in [9.17, 15) is 0 Å². The summed E-state index contributed by atoms with van der Waals surface area (Å²) in [7, 11) is 0.117. The highest BCUT2D eigenvalue weighted by Gasteiger charge is 2.07. The predicted molar refractivity (Wildman–Crippen MR) is 77.3 cm³/mol. The molecule has 0 N–H and O–H groups in total. The van der Waals surface area contributed by atoms with E-state index in [0.29, 0.717) is 0 Å². The topological polar surface area (TPSA) is 0 Å². The summed E-state index contributed by atoms with van der Waals surface area (Å²) in [5.41, 5.74) is 1.38. The van der Waals surface area contributed by atoms with E-state index in [1.54, 1.807) is 5.30 Å². The highest BCUT2D eigenvalue weighted by Crippen LogP contribution is 2.35. The molecule has 0 aliphatic heterocycles. The van der Waals surface area contributed by atoms with Crippen molar-refractivity contribution in [2.75, 3.05) is 12.3 Å². The zero-order valence-electron chi connectivity index (χ0n) is 11.0. The minimum absolute atomic E-state index is 0.117. The van der Waals surface area contributed by atoms with Crippen molar-refractivity contribution in [3.05, 3.63) is 29.8 Å². The van der Waals surface area contributed by atoms with Gasteiger partial charge in [-0.15, -0.1) is 0 Å². The number of unbranched alkanes of at least 4 members (excludes halogenated alkanes) is 3. The zero-order valence-corrected chi connectivity index (χ0v) is 11.9. The van der Waals surface area contributed by atoms with Crippen LogP contribution in [0.4, 0.5) is 0 Å². The van der Waals surface area contributed by atoms with Crippen molar-refractivity contribution in [1.29, 1.82) is 0 Å². The smallest absolute Gasteiger partial charge is 0.0240 e. The van der Waals surface area contributed by atoms with Crippen LogP contribution in [-0.4, -0.2) is 12.3 Å². The van der Waals surface area contributed by atoms with Crippen LogP contribution >= 0.6 is 7.92 Å². The maximum Gasteiger partial charge on any atom is -0.0240 e. The molecule has 0 aliphatic carbocycles. The van der Waals surface area contributed by atoms with Gasteiger partial charge in [0, 0.05) is 0 Å². The molecule has 1 aromatic rings. The van der Waals surface area contributed by atoms with E-state index >= 15 is 0 Å². The third-order valence-corrected chi connectivity index (χ3v) is 5.71. The Morgan fingerprint density at radius 3 is 2.19 bits per heavy atom. The number of hydrogen-bond donors (Lipinski definition) is 0. The van der Waals surface area contributed by atoms with E-state index in [-0.39, 0.29) is 7.92 Å². The van der Waals surface area contributed by atoms with E-state index in [4.69, 9.17) is 0 Å². The minimum atomic E-state index is 0.117. The maximum atomic E-state index is 2.34. The third-order valence-electron chi connectivity index (χ3n) is 3.06. The Morgan fingerprint density at radius 2 is 1.62 bits per heavy atom. The fourth-order valence-corrected chi connectivity index (χ4v) is 4.07. The van der Waals surface area contributed by atoms with Crippen LogP contribution in [0.1, 0.15) is 45.1 Å². The molecule has 0 aromatic heterocycles. The highest BCUT2D eigenvalue weighted by atomic mass is 31.1. The molecule has 1 atom stereocenters. The first kappa shape index (κ1) is 13.7. The van der Waals surface area contributed by atoms with E-state index < -0.39 is 0 Å². The van der Waals surface area contributed by atoms with Gasteiger partial charge in [0.2, 0.25) is 0 Å². The minimum Gasteiger partial charge on any atom is -0.0756 e. The van der Waals surface area contributed by atoms with Crippen LogP contribution < -0.4 is 5.30 Å². The second-order valence-corrected chi connectivity index (χ2v) is 7.15. The average molecular weight is 236 g/mol. The normalized spacial score (nSPS) is 12.7. The van der Waals surface area contributed by atoms with Crippen molar-refractivity contribution in [2.45, 2.75) is 46.5 Å². The van der Waals surface area contributed by atoms with E-state index in [2.05, 4.69) is 45.0 Å². The molecule has 1 heteroatoms. The third kappa shape index (κ3) is 4.66. The molecule has 0 nitrogen and oxygen atoms in total. The summed E-state index contributed by atoms with van der Waals surface area (Å²) in [4.78, 5) is 0. The maximum absolute atomic E-state index is 2.34. The Morgan fingerprint density at radius 1 is 0.938 bits per heavy atom. The second kappa shape index (κ2) is 7.85. The van der Waals surface area contributed by atoms with Gasteiger partial charge in [-0.05, 0) is 31.0 Å². The van der Waals surface area contributed by atoms with Gasteiger partial charge in [-0.2, -0.15) is 0 Å². The summed E-state index contributed by atoms with van der Waals surface area (Å²) in [6, 6.07) is 9.19. The first-order chi connectivity index (χ1) is 7.77. The molecule has 0 saturated heterocycles. The fourth-order valence-electron chi connectivity index (χ4n) is 1.95. The lowest BCUT2D eigenvalue weighted by Crippen LogP contribution is -2.05. The van der Waals surface area contributed by atoms with Crippen LogP contribution in [0.25, 0.3) is 0 Å². The molecule has 16 heavy (non-hydrogen) atoms. The van der Waals surface area contributed by atoms with Crippen LogP contribution in [0.2, 0.25) is 0 Å². The first-order valence-corrected chi connectivity index (χ1v) is 8.30. The van der Waals surface area contributed by atoms with E-state index in [1.165, 1.54) is 43.6 Å². The first-order valence-electron chi connectivity index (χ1n) is 6.59. The standard InChI is InChI=1S/C15H25P/c1-4-6-7-8-13-16(5-2)15-11-9-14(3)10-12-15/h9-12H,4-8,13H2,1-3H3. The van der Waals surface area contributed by atoms with Crippen molar-refractivity contribution in [3.8, 4) is 0 Å². The van der Waals surface area contributed by atoms with Crippen molar-refractivity contribution in [2.24, 2.45) is 0 Å². The number of hydrogen-bond acceptors (Lipinski definition) is 0. The molecule has 0 saturated carbocycles. The van der Waals surface area contributed by atoms with Gasteiger partial charge >= 0.3 is 0 Å². The summed E-state index contributed by atoms with van der Waals surface area (Å²) >= 11 is 0. The second-order valence-electron chi connectivity index (χ2n) is 4.48. The number of benzene rings is 1. The number of rotatable bonds is 7. The Balaban J connectivity index is 2.44. The number of aryl methyl sites for hydroxylation is 1. The average Bonchev–Trinajstić information content (AvgIpc) is 2.31. The van der Waals surface area contributed by atoms with Crippen molar-refractivity contribution >= 4 is 13.2 Å². The van der Waals surface area contributed by atoms with Crippen molar-refractivity contribution in [1.82, 2.24) is 0 Å². The fraction of sp³-hybridized carbons (Fsp3) is 0.600. The molecule has 0 spiro atoms. The molecule has 1 unspecified atom stereocenters. The van der Waals surface area contributed by atoms with Gasteiger partial charge < -0.3 is 0 Å². The molecular weight excluding hydrogens is 211 g/mol. The van der Waals surface area contributed by atoms with Gasteiger partial charge in [0.25, 0.3) is 0 Å². The van der Waals surface area contributed by atoms with Crippen molar-refractivity contribution in [3.63, 3.8) is 0 Å². The summed E-state index contributed by atoms with van der Waals surface area (Å²) in [5, 5.41) is 1.60. The SMILES string of the molecule is CCCCCCP(CC)c1ccc(C)cc1. The van der Waals surface area contributed by atoms with E-state index in [0.717, 1.165) is 0 Å². The van der Waals surface area contributed by atoms with Crippen LogP contribution in [0.5, 0.6) is 0 Å². The molecule has 90 valence electrons. The van der Waals surface area contributed by atoms with Crippen molar-refractivity contribution < 1.29 is 0 Å². The van der Waals surface area contributed by atoms with Gasteiger partial charge in [0.15, 0.2) is 0 Å². The summed E-state index contributed by atoms with van der Waals surface area (Å²) in [6.45, 7) is 6.78. The molecule has 1 aromatic carbocycles. The molecule has 0 amide bonds. The lowest BCUT2D eigenvalue weighted by atomic mass is 10.2. The predicted octanol–water partition coefficient (Wildman–Crippen LogP) is 4.70. The van der Waals surface area contributed by atoms with Gasteiger partial charge in [0.1, 0.15) is 0 Å². The Kier molecular flexibility index (Phi) is 6.73. The summed E-state index contributed by atoms with van der Waals surface area (Å²) in [5.74, 6) is 0. The molecule has 0 radical (unpaired) electrons. The van der Waals surface area contributed by atoms with Gasteiger partial charge in [0.05, 0.1) is 0 Å². The van der Waals surface area contributed by atoms with Crippen LogP contribution in [-0.2, 0) is 0 Å². The summed E-state index contributed by atoms with van der Waals surface area (Å²) < 4.78 is 0. The highest BCUT2D eigenvalue weighted by molar-refractivity contribution is 7.65. The van der Waals surface area contributed by atoms with E-state index in [1.807, 2.05) is 0 Å². The van der Waals surface area contributed by atoms with Crippen LogP contribution in [0, 0.1) is 6.92 Å². The lowest BCUT2D eigenvalue weighted by Gasteiger charge is -2.16. The Hall–Kier alpha value is -0.350. The van der Waals surface area contributed by atoms with Gasteiger partial charge in [-0.3, -0.25) is 0 Å². The molecule has 1 rings (SSSR count). The van der Waals surface area contributed by atoms with Crippen LogP contribution in [0.3, 0.4) is 0 Å². The zero-order chi connectivity index (χ0) is 11.8. The van der Waals surface area contributed by atoms with Gasteiger partial charge in [-0.25, -0.2) is 0 Å². The molecule has 0 bridgehead atoms. The molecule has 0 fully saturated rings. The monoisotopic (exact) mass is 236 g/mol. The molecule has 0 heterocycles. The molecular formula is C15H25P. The lowest BCUT2D eigenvalue weighted by molar-refractivity contribution is 0.705. The molecule has 0 aliphatic rings. The Bertz CT molecular complexity index is 276. The quantitative estimate of drug-likeness (QED) is 0.475. The largest absolute Gasteiger partial charge is 0.0756 e. The van der Waals surface area contributed by atoms with Gasteiger partial charge in [-0.1, -0.05) is 70.9 Å². The Labute approximate surface area is 102 Å². The van der Waals surface area contributed by atoms with Crippen LogP contribution in [0.15, 0.2) is 24.3 Å².